The van der Waals surface area contributed by atoms with Crippen molar-refractivity contribution in [2.24, 2.45) is 0 Å². The highest BCUT2D eigenvalue weighted by atomic mass is 79.9. The largest absolute Gasteiger partial charge is 0.267 e. The molecule has 2 rings (SSSR count). The van der Waals surface area contributed by atoms with Gasteiger partial charge in [0.05, 0.1) is 10.6 Å². The second kappa shape index (κ2) is 6.28. The molecule has 0 atom stereocenters. The molecule has 0 spiro atoms. The highest BCUT2D eigenvalue weighted by Crippen LogP contribution is 2.26. The molecule has 0 radical (unpaired) electrons. The van der Waals surface area contributed by atoms with Crippen molar-refractivity contribution in [3.63, 3.8) is 0 Å². The molecule has 2 aromatic rings. The normalized spacial score (nSPS) is 11.3. The zero-order chi connectivity index (χ0) is 14.8. The number of rotatable bonds is 4. The molecule has 0 unspecified atom stereocenters. The van der Waals surface area contributed by atoms with E-state index in [-0.39, 0.29) is 4.90 Å². The molecule has 0 bridgehead atoms. The minimum absolute atomic E-state index is 0.280. The topological polar surface area (TPSA) is 37.4 Å². The molecule has 0 aromatic heterocycles. The molecule has 0 amide bonds. The predicted octanol–water partition coefficient (Wildman–Crippen LogP) is 4.43. The summed E-state index contributed by atoms with van der Waals surface area (Å²) in [5, 5.41) is 0. The van der Waals surface area contributed by atoms with Gasteiger partial charge in [0, 0.05) is 15.5 Å². The van der Waals surface area contributed by atoms with Gasteiger partial charge in [0.2, 0.25) is 0 Å². The number of hydrogen-bond donors (Lipinski definition) is 0. The van der Waals surface area contributed by atoms with Crippen molar-refractivity contribution in [3.05, 3.63) is 57.5 Å². The van der Waals surface area contributed by atoms with Crippen LogP contribution in [0.2, 0.25) is 0 Å². The van der Waals surface area contributed by atoms with Crippen LogP contribution in [0.25, 0.3) is 0 Å². The van der Waals surface area contributed by atoms with Crippen LogP contribution in [0.4, 0.5) is 5.69 Å². The van der Waals surface area contributed by atoms with E-state index in [0.717, 1.165) is 8.95 Å². The van der Waals surface area contributed by atoms with E-state index < -0.39 is 10.0 Å². The average Bonchev–Trinajstić information content (AvgIpc) is 2.40. The Kier molecular flexibility index (Phi) is 4.88. The molecular formula is C14H13Br2NO2S. The van der Waals surface area contributed by atoms with Gasteiger partial charge in [-0.05, 0) is 49.4 Å². The third-order valence-corrected chi connectivity index (χ3v) is 5.72. The molecule has 106 valence electrons. The Morgan fingerprint density at radius 3 is 2.20 bits per heavy atom. The Labute approximate surface area is 135 Å². The molecule has 6 heteroatoms. The third kappa shape index (κ3) is 3.24. The van der Waals surface area contributed by atoms with Crippen molar-refractivity contribution < 1.29 is 8.42 Å². The third-order valence-electron chi connectivity index (χ3n) is 2.79. The summed E-state index contributed by atoms with van der Waals surface area (Å²) in [6, 6.07) is 13.9. The van der Waals surface area contributed by atoms with Crippen LogP contribution >= 0.6 is 31.9 Å². The van der Waals surface area contributed by atoms with Crippen LogP contribution in [-0.4, -0.2) is 15.0 Å². The molecular weight excluding hydrogens is 406 g/mol. The quantitative estimate of drug-likeness (QED) is 0.736. The average molecular weight is 419 g/mol. The number of sulfonamides is 1. The number of nitrogens with zero attached hydrogens (tertiary/aromatic N) is 1. The minimum Gasteiger partial charge on any atom is -0.267 e. The first-order valence-electron chi connectivity index (χ1n) is 5.99. The van der Waals surface area contributed by atoms with E-state index in [1.54, 1.807) is 36.4 Å². The first-order valence-corrected chi connectivity index (χ1v) is 9.01. The summed E-state index contributed by atoms with van der Waals surface area (Å²) in [6.45, 7) is 2.19. The summed E-state index contributed by atoms with van der Waals surface area (Å²) < 4.78 is 28.4. The van der Waals surface area contributed by atoms with Crippen LogP contribution in [-0.2, 0) is 10.0 Å². The van der Waals surface area contributed by atoms with Gasteiger partial charge in [0.1, 0.15) is 0 Å². The number of benzene rings is 2. The molecule has 20 heavy (non-hydrogen) atoms. The Morgan fingerprint density at radius 1 is 1.00 bits per heavy atom. The van der Waals surface area contributed by atoms with Gasteiger partial charge in [-0.3, -0.25) is 4.31 Å². The predicted molar refractivity (Wildman–Crippen MR) is 88.5 cm³/mol. The van der Waals surface area contributed by atoms with E-state index in [1.165, 1.54) is 4.31 Å². The van der Waals surface area contributed by atoms with Gasteiger partial charge in [-0.2, -0.15) is 0 Å². The van der Waals surface area contributed by atoms with Gasteiger partial charge in [0.25, 0.3) is 10.0 Å². The van der Waals surface area contributed by atoms with Gasteiger partial charge in [0.15, 0.2) is 0 Å². The van der Waals surface area contributed by atoms with Crippen LogP contribution in [0.15, 0.2) is 62.4 Å². The van der Waals surface area contributed by atoms with Crippen LogP contribution in [0.5, 0.6) is 0 Å². The summed E-state index contributed by atoms with van der Waals surface area (Å²) in [5.74, 6) is 0. The lowest BCUT2D eigenvalue weighted by Crippen LogP contribution is -2.30. The standard InChI is InChI=1S/C14H13Br2NO2S/c1-2-17(13-5-3-4-12(16)10-13)20(18,19)14-8-6-11(15)7-9-14/h3-10H,2H2,1H3. The number of anilines is 1. The summed E-state index contributed by atoms with van der Waals surface area (Å²) in [5.41, 5.74) is 0.643. The maximum atomic E-state index is 12.7. The van der Waals surface area contributed by atoms with Crippen LogP contribution in [0, 0.1) is 0 Å². The van der Waals surface area contributed by atoms with E-state index in [4.69, 9.17) is 0 Å². The first-order chi connectivity index (χ1) is 9.45. The van der Waals surface area contributed by atoms with E-state index in [2.05, 4.69) is 31.9 Å². The van der Waals surface area contributed by atoms with E-state index in [0.29, 0.717) is 12.2 Å². The Morgan fingerprint density at radius 2 is 1.65 bits per heavy atom. The van der Waals surface area contributed by atoms with Gasteiger partial charge < -0.3 is 0 Å². The van der Waals surface area contributed by atoms with E-state index in [1.807, 2.05) is 19.1 Å². The molecule has 0 aliphatic carbocycles. The zero-order valence-electron chi connectivity index (χ0n) is 10.8. The van der Waals surface area contributed by atoms with Gasteiger partial charge in [-0.1, -0.05) is 37.9 Å². The Bertz CT molecular complexity index is 699. The molecule has 0 fully saturated rings. The van der Waals surface area contributed by atoms with E-state index >= 15 is 0 Å². The van der Waals surface area contributed by atoms with Crippen molar-refractivity contribution >= 4 is 47.6 Å². The lowest BCUT2D eigenvalue weighted by molar-refractivity contribution is 0.592. The first kappa shape index (κ1) is 15.5. The van der Waals surface area contributed by atoms with Crippen molar-refractivity contribution in [3.8, 4) is 0 Å². The smallest absolute Gasteiger partial charge is 0.264 e. The molecule has 2 aromatic carbocycles. The molecule has 0 heterocycles. The fourth-order valence-corrected chi connectivity index (χ4v) is 3.97. The van der Waals surface area contributed by atoms with Gasteiger partial charge in [-0.25, -0.2) is 8.42 Å². The second-order valence-corrected chi connectivity index (χ2v) is 7.80. The Hall–Kier alpha value is -0.850. The summed E-state index contributed by atoms with van der Waals surface area (Å²) >= 11 is 6.67. The maximum absolute atomic E-state index is 12.7. The molecule has 0 aliphatic heterocycles. The zero-order valence-corrected chi connectivity index (χ0v) is 14.7. The van der Waals surface area contributed by atoms with Crippen LogP contribution in [0.3, 0.4) is 0 Å². The highest BCUT2D eigenvalue weighted by molar-refractivity contribution is 9.10. The minimum atomic E-state index is -3.55. The van der Waals surface area contributed by atoms with Gasteiger partial charge >= 0.3 is 0 Å². The lowest BCUT2D eigenvalue weighted by Gasteiger charge is -2.23. The Balaban J connectivity index is 2.47. The summed E-state index contributed by atoms with van der Waals surface area (Å²) in [4.78, 5) is 0.280. The summed E-state index contributed by atoms with van der Waals surface area (Å²) in [6.07, 6.45) is 0. The van der Waals surface area contributed by atoms with Gasteiger partial charge in [-0.15, -0.1) is 0 Å². The molecule has 0 saturated carbocycles. The molecule has 0 aliphatic rings. The van der Waals surface area contributed by atoms with E-state index in [9.17, 15) is 8.42 Å². The van der Waals surface area contributed by atoms with Crippen molar-refractivity contribution in [1.29, 1.82) is 0 Å². The van der Waals surface area contributed by atoms with Crippen molar-refractivity contribution in [2.45, 2.75) is 11.8 Å². The lowest BCUT2D eigenvalue weighted by atomic mass is 10.3. The van der Waals surface area contributed by atoms with Crippen molar-refractivity contribution in [2.75, 3.05) is 10.8 Å². The van der Waals surface area contributed by atoms with Crippen LogP contribution in [0.1, 0.15) is 6.92 Å². The molecule has 3 nitrogen and oxygen atoms in total. The monoisotopic (exact) mass is 417 g/mol. The van der Waals surface area contributed by atoms with Crippen LogP contribution < -0.4 is 4.31 Å². The summed E-state index contributed by atoms with van der Waals surface area (Å²) in [7, 11) is -3.55. The number of hydrogen-bond acceptors (Lipinski definition) is 2. The highest BCUT2D eigenvalue weighted by Gasteiger charge is 2.23. The fraction of sp³-hybridized carbons (Fsp3) is 0.143. The van der Waals surface area contributed by atoms with Crippen molar-refractivity contribution in [1.82, 2.24) is 0 Å². The fourth-order valence-electron chi connectivity index (χ4n) is 1.86. The maximum Gasteiger partial charge on any atom is 0.264 e. The molecule has 0 N–H and O–H groups in total. The SMILES string of the molecule is CCN(c1cccc(Br)c1)S(=O)(=O)c1ccc(Br)cc1. The number of halogens is 2. The second-order valence-electron chi connectivity index (χ2n) is 4.10. The molecule has 0 saturated heterocycles.